The predicted molar refractivity (Wildman–Crippen MR) is 88.4 cm³/mol. The Kier molecular flexibility index (Phi) is 4.98. The van der Waals surface area contributed by atoms with Crippen LogP contribution in [-0.2, 0) is 14.8 Å². The third-order valence-corrected chi connectivity index (χ3v) is 4.17. The first-order valence-corrected chi connectivity index (χ1v) is 8.58. The fourth-order valence-electron chi connectivity index (χ4n) is 1.95. The van der Waals surface area contributed by atoms with Crippen molar-refractivity contribution in [2.75, 3.05) is 22.4 Å². The zero-order chi connectivity index (χ0) is 16.9. The maximum absolute atomic E-state index is 12.1. The molecule has 0 atom stereocenters. The van der Waals surface area contributed by atoms with Crippen LogP contribution >= 0.6 is 0 Å². The summed E-state index contributed by atoms with van der Waals surface area (Å²) in [6.07, 6.45) is 1.03. The van der Waals surface area contributed by atoms with Gasteiger partial charge < -0.3 is 5.32 Å². The van der Waals surface area contributed by atoms with Gasteiger partial charge in [0.1, 0.15) is 6.54 Å². The smallest absolute Gasteiger partial charge is 0.245 e. The molecule has 0 unspecified atom stereocenters. The number of nitriles is 1. The lowest BCUT2D eigenvalue weighted by Gasteiger charge is -2.21. The van der Waals surface area contributed by atoms with Crippen molar-refractivity contribution in [3.63, 3.8) is 0 Å². The van der Waals surface area contributed by atoms with Crippen LogP contribution in [0.15, 0.2) is 54.6 Å². The van der Waals surface area contributed by atoms with Gasteiger partial charge in [0.25, 0.3) is 0 Å². The number of hydrogen-bond acceptors (Lipinski definition) is 4. The monoisotopic (exact) mass is 329 g/mol. The van der Waals surface area contributed by atoms with Crippen molar-refractivity contribution in [1.82, 2.24) is 0 Å². The van der Waals surface area contributed by atoms with E-state index in [1.165, 1.54) is 24.3 Å². The minimum atomic E-state index is -3.64. The lowest BCUT2D eigenvalue weighted by Crippen LogP contribution is -2.37. The zero-order valence-corrected chi connectivity index (χ0v) is 13.2. The van der Waals surface area contributed by atoms with Crippen molar-refractivity contribution in [1.29, 1.82) is 5.26 Å². The molecule has 0 aromatic heterocycles. The Balaban J connectivity index is 2.19. The summed E-state index contributed by atoms with van der Waals surface area (Å²) in [5.41, 5.74) is 1.33. The molecule has 0 bridgehead atoms. The van der Waals surface area contributed by atoms with Gasteiger partial charge in [0.15, 0.2) is 0 Å². The SMILES string of the molecule is CS(=O)(=O)N(CC(=O)Nc1ccccc1)c1ccc(C#N)cc1. The highest BCUT2D eigenvalue weighted by Crippen LogP contribution is 2.18. The number of nitrogens with one attached hydrogen (secondary N) is 1. The summed E-state index contributed by atoms with van der Waals surface area (Å²) in [7, 11) is -3.64. The normalized spacial score (nSPS) is 10.6. The first-order valence-electron chi connectivity index (χ1n) is 6.73. The fraction of sp³-hybridized carbons (Fsp3) is 0.125. The van der Waals surface area contributed by atoms with Gasteiger partial charge in [-0.25, -0.2) is 8.42 Å². The van der Waals surface area contributed by atoms with Gasteiger partial charge in [0.05, 0.1) is 23.6 Å². The van der Waals surface area contributed by atoms with E-state index in [-0.39, 0.29) is 6.54 Å². The van der Waals surface area contributed by atoms with Gasteiger partial charge in [-0.1, -0.05) is 18.2 Å². The van der Waals surface area contributed by atoms with Gasteiger partial charge >= 0.3 is 0 Å². The van der Waals surface area contributed by atoms with Crippen molar-refractivity contribution in [3.8, 4) is 6.07 Å². The van der Waals surface area contributed by atoms with E-state index in [1.54, 1.807) is 24.3 Å². The van der Waals surface area contributed by atoms with E-state index in [4.69, 9.17) is 5.26 Å². The Morgan fingerprint density at radius 1 is 1.13 bits per heavy atom. The molecule has 0 saturated heterocycles. The number of benzene rings is 2. The quantitative estimate of drug-likeness (QED) is 0.908. The third kappa shape index (κ3) is 4.56. The number of nitrogens with zero attached hydrogens (tertiary/aromatic N) is 2. The molecule has 0 aliphatic heterocycles. The lowest BCUT2D eigenvalue weighted by molar-refractivity contribution is -0.114. The van der Waals surface area contributed by atoms with E-state index in [9.17, 15) is 13.2 Å². The number of hydrogen-bond donors (Lipinski definition) is 1. The van der Waals surface area contributed by atoms with Crippen molar-refractivity contribution >= 4 is 27.3 Å². The fourth-order valence-corrected chi connectivity index (χ4v) is 2.81. The van der Waals surface area contributed by atoms with Gasteiger partial charge in [-0.15, -0.1) is 0 Å². The molecule has 0 fully saturated rings. The van der Waals surface area contributed by atoms with Crippen LogP contribution in [0, 0.1) is 11.3 Å². The Labute approximate surface area is 135 Å². The van der Waals surface area contributed by atoms with Crippen molar-refractivity contribution in [2.24, 2.45) is 0 Å². The second-order valence-corrected chi connectivity index (χ2v) is 6.75. The maximum atomic E-state index is 12.1. The van der Waals surface area contributed by atoms with Crippen LogP contribution in [0.2, 0.25) is 0 Å². The lowest BCUT2D eigenvalue weighted by atomic mass is 10.2. The van der Waals surface area contributed by atoms with Gasteiger partial charge in [0, 0.05) is 5.69 Å². The largest absolute Gasteiger partial charge is 0.325 e. The molecule has 2 aromatic rings. The summed E-state index contributed by atoms with van der Waals surface area (Å²) < 4.78 is 24.9. The zero-order valence-electron chi connectivity index (χ0n) is 12.4. The number of sulfonamides is 1. The molecule has 23 heavy (non-hydrogen) atoms. The van der Waals surface area contributed by atoms with Gasteiger partial charge in [0.2, 0.25) is 15.9 Å². The number of carbonyl (C=O) groups is 1. The Bertz CT molecular complexity index is 825. The average molecular weight is 329 g/mol. The van der Waals surface area contributed by atoms with E-state index < -0.39 is 15.9 Å². The number of rotatable bonds is 5. The van der Waals surface area contributed by atoms with Crippen LogP contribution in [-0.4, -0.2) is 27.1 Å². The Hall–Kier alpha value is -2.85. The number of carbonyl (C=O) groups excluding carboxylic acids is 1. The van der Waals surface area contributed by atoms with Gasteiger partial charge in [-0.2, -0.15) is 5.26 Å². The third-order valence-electron chi connectivity index (χ3n) is 3.03. The molecule has 0 radical (unpaired) electrons. The average Bonchev–Trinajstić information content (AvgIpc) is 2.53. The van der Waals surface area contributed by atoms with E-state index in [1.807, 2.05) is 12.1 Å². The summed E-state index contributed by atoms with van der Waals surface area (Å²) in [5.74, 6) is -0.453. The summed E-state index contributed by atoms with van der Waals surface area (Å²) in [4.78, 5) is 12.1. The summed E-state index contributed by atoms with van der Waals surface area (Å²) >= 11 is 0. The number of amides is 1. The molecule has 2 rings (SSSR count). The first kappa shape index (κ1) is 16.5. The molecule has 0 heterocycles. The van der Waals surface area contributed by atoms with Crippen LogP contribution in [0.3, 0.4) is 0 Å². The second-order valence-electron chi connectivity index (χ2n) is 4.84. The minimum Gasteiger partial charge on any atom is -0.325 e. The van der Waals surface area contributed by atoms with Crippen LogP contribution in [0.4, 0.5) is 11.4 Å². The van der Waals surface area contributed by atoms with Crippen LogP contribution in [0.1, 0.15) is 5.56 Å². The molecule has 0 aliphatic rings. The molecular formula is C16H15N3O3S. The van der Waals surface area contributed by atoms with Crippen LogP contribution in [0.25, 0.3) is 0 Å². The highest BCUT2D eigenvalue weighted by atomic mass is 32.2. The molecule has 118 valence electrons. The molecule has 7 heteroatoms. The molecule has 2 aromatic carbocycles. The van der Waals surface area contributed by atoms with E-state index >= 15 is 0 Å². The van der Waals surface area contributed by atoms with Crippen molar-refractivity contribution in [3.05, 3.63) is 60.2 Å². The molecule has 1 N–H and O–H groups in total. The predicted octanol–water partition coefficient (Wildman–Crippen LogP) is 1.96. The van der Waals surface area contributed by atoms with Crippen molar-refractivity contribution < 1.29 is 13.2 Å². The summed E-state index contributed by atoms with van der Waals surface area (Å²) in [6, 6.07) is 16.7. The topological polar surface area (TPSA) is 90.3 Å². The molecular weight excluding hydrogens is 314 g/mol. The van der Waals surface area contributed by atoms with Crippen LogP contribution in [0.5, 0.6) is 0 Å². The maximum Gasteiger partial charge on any atom is 0.245 e. The minimum absolute atomic E-state index is 0.328. The first-order chi connectivity index (χ1) is 10.9. The van der Waals surface area contributed by atoms with E-state index in [2.05, 4.69) is 5.32 Å². The standard InChI is InChI=1S/C16H15N3O3S/c1-23(21,22)19(15-9-7-13(11-17)8-10-15)12-16(20)18-14-5-3-2-4-6-14/h2-10H,12H2,1H3,(H,18,20). The molecule has 0 spiro atoms. The van der Waals surface area contributed by atoms with Gasteiger partial charge in [-0.3, -0.25) is 9.10 Å². The molecule has 1 amide bonds. The van der Waals surface area contributed by atoms with Crippen molar-refractivity contribution in [2.45, 2.75) is 0 Å². The van der Waals surface area contributed by atoms with E-state index in [0.717, 1.165) is 10.6 Å². The second kappa shape index (κ2) is 6.94. The van der Waals surface area contributed by atoms with Crippen LogP contribution < -0.4 is 9.62 Å². The summed E-state index contributed by atoms with van der Waals surface area (Å²) in [5, 5.41) is 11.4. The Morgan fingerprint density at radius 3 is 2.26 bits per heavy atom. The highest BCUT2D eigenvalue weighted by molar-refractivity contribution is 7.92. The van der Waals surface area contributed by atoms with E-state index in [0.29, 0.717) is 16.9 Å². The molecule has 0 aliphatic carbocycles. The molecule has 0 saturated carbocycles. The highest BCUT2D eigenvalue weighted by Gasteiger charge is 2.20. The summed E-state index contributed by atoms with van der Waals surface area (Å²) in [6.45, 7) is -0.348. The Morgan fingerprint density at radius 2 is 1.74 bits per heavy atom. The number of anilines is 2. The van der Waals surface area contributed by atoms with Gasteiger partial charge in [-0.05, 0) is 36.4 Å². The number of para-hydroxylation sites is 1. The molecule has 6 nitrogen and oxygen atoms in total.